The molecule has 1 aliphatic heterocycles. The molecule has 0 saturated heterocycles. The van der Waals surface area contributed by atoms with E-state index in [1.807, 2.05) is 24.6 Å². The molecule has 1 aromatic carbocycles. The lowest BCUT2D eigenvalue weighted by atomic mass is 10.4. The number of carbonyl (C=O) groups excluding carboxylic acids is 1. The van der Waals surface area contributed by atoms with Gasteiger partial charge in [-0.2, -0.15) is 4.98 Å². The molecule has 0 atom stereocenters. The van der Waals surface area contributed by atoms with Gasteiger partial charge >= 0.3 is 6.03 Å². The van der Waals surface area contributed by atoms with Crippen LogP contribution in [0.5, 0.6) is 5.88 Å². The molecule has 2 heterocycles. The van der Waals surface area contributed by atoms with Crippen LogP contribution in [0.2, 0.25) is 0 Å². The number of carbonyl (C=O) groups is 1. The van der Waals surface area contributed by atoms with E-state index in [2.05, 4.69) is 15.3 Å². The van der Waals surface area contributed by atoms with Crippen LogP contribution in [0, 0.1) is 6.92 Å². The molecule has 0 aliphatic carbocycles. The predicted molar refractivity (Wildman–Crippen MR) is 105 cm³/mol. The molecular formula is C16H18N4O4S3. The van der Waals surface area contributed by atoms with E-state index in [1.54, 1.807) is 30.8 Å². The summed E-state index contributed by atoms with van der Waals surface area (Å²) in [6.45, 7) is 5.73. The maximum Gasteiger partial charge on any atom is 0.335 e. The number of anilines is 1. The van der Waals surface area contributed by atoms with E-state index in [0.29, 0.717) is 10.6 Å². The molecule has 1 aromatic heterocycles. The van der Waals surface area contributed by atoms with Crippen molar-refractivity contribution in [2.75, 3.05) is 12.4 Å². The van der Waals surface area contributed by atoms with Gasteiger partial charge in [-0.1, -0.05) is 6.07 Å². The molecule has 11 heteroatoms. The number of benzene rings is 1. The Bertz CT molecular complexity index is 1010. The second-order valence-corrected chi connectivity index (χ2v) is 11.3. The van der Waals surface area contributed by atoms with Crippen molar-refractivity contribution in [3.05, 3.63) is 30.0 Å². The topological polar surface area (TPSA) is 110 Å². The van der Waals surface area contributed by atoms with Gasteiger partial charge in [-0.05, 0) is 32.9 Å². The summed E-state index contributed by atoms with van der Waals surface area (Å²) >= 11 is 3.04. The van der Waals surface area contributed by atoms with E-state index in [4.69, 9.17) is 4.74 Å². The van der Waals surface area contributed by atoms with Crippen molar-refractivity contribution in [1.29, 1.82) is 0 Å². The van der Waals surface area contributed by atoms with Crippen molar-refractivity contribution in [3.8, 4) is 5.88 Å². The zero-order chi connectivity index (χ0) is 19.8. The highest BCUT2D eigenvalue weighted by Crippen LogP contribution is 2.56. The third-order valence-electron chi connectivity index (χ3n) is 3.43. The zero-order valence-electron chi connectivity index (χ0n) is 15.1. The van der Waals surface area contributed by atoms with Gasteiger partial charge < -0.3 is 4.74 Å². The Morgan fingerprint density at radius 1 is 1.22 bits per heavy atom. The third-order valence-corrected chi connectivity index (χ3v) is 7.75. The number of hydrogen-bond acceptors (Lipinski definition) is 8. The number of sulfonamides is 1. The molecule has 2 amide bonds. The van der Waals surface area contributed by atoms with Crippen LogP contribution in [0.3, 0.4) is 0 Å². The highest BCUT2D eigenvalue weighted by molar-refractivity contribution is 8.20. The Morgan fingerprint density at radius 2 is 1.96 bits per heavy atom. The molecule has 2 aromatic rings. The number of aryl methyl sites for hydroxylation is 1. The van der Waals surface area contributed by atoms with Gasteiger partial charge in [0.2, 0.25) is 11.8 Å². The number of fused-ring (bicyclic) bond motifs is 1. The summed E-state index contributed by atoms with van der Waals surface area (Å²) in [5, 5.41) is 2.32. The molecule has 0 saturated carbocycles. The smallest absolute Gasteiger partial charge is 0.335 e. The van der Waals surface area contributed by atoms with Gasteiger partial charge in [0.15, 0.2) is 0 Å². The zero-order valence-corrected chi connectivity index (χ0v) is 17.5. The summed E-state index contributed by atoms with van der Waals surface area (Å²) in [6, 6.07) is 5.65. The Morgan fingerprint density at radius 3 is 2.67 bits per heavy atom. The standard InChI is InChI=1S/C16H18N4O4S3/c1-9-8-12(24-4)18-14(17-9)19-15(21)20-27(22,23)11-7-5-6-10-13(11)26-16(2,3)25-10/h5-8H,1-4H3,(H2,17,18,19,20,21). The number of urea groups is 1. The molecule has 0 bridgehead atoms. The van der Waals surface area contributed by atoms with Gasteiger partial charge in [0.25, 0.3) is 10.0 Å². The summed E-state index contributed by atoms with van der Waals surface area (Å²) in [4.78, 5) is 21.8. The quantitative estimate of drug-likeness (QED) is 0.767. The molecule has 27 heavy (non-hydrogen) atoms. The van der Waals surface area contributed by atoms with Crippen molar-refractivity contribution in [1.82, 2.24) is 14.7 Å². The number of amides is 2. The minimum Gasteiger partial charge on any atom is -0.481 e. The Balaban J connectivity index is 1.81. The predicted octanol–water partition coefficient (Wildman–Crippen LogP) is 3.24. The van der Waals surface area contributed by atoms with E-state index < -0.39 is 16.1 Å². The van der Waals surface area contributed by atoms with E-state index in [1.165, 1.54) is 24.9 Å². The van der Waals surface area contributed by atoms with Gasteiger partial charge in [0, 0.05) is 21.6 Å². The minimum atomic E-state index is -4.06. The maximum absolute atomic E-state index is 12.7. The number of hydrogen-bond donors (Lipinski definition) is 2. The van der Waals surface area contributed by atoms with E-state index in [9.17, 15) is 13.2 Å². The molecule has 8 nitrogen and oxygen atoms in total. The van der Waals surface area contributed by atoms with Crippen molar-refractivity contribution in [3.63, 3.8) is 0 Å². The fourth-order valence-electron chi connectivity index (χ4n) is 2.42. The van der Waals surface area contributed by atoms with Crippen LogP contribution in [-0.2, 0) is 10.0 Å². The SMILES string of the molecule is COc1cc(C)nc(NC(=O)NS(=O)(=O)c2cccc3c2SC(C)(C)S3)n1. The van der Waals surface area contributed by atoms with Crippen LogP contribution in [0.25, 0.3) is 0 Å². The number of rotatable bonds is 4. The highest BCUT2D eigenvalue weighted by atomic mass is 32.2. The van der Waals surface area contributed by atoms with Crippen LogP contribution in [0.4, 0.5) is 10.7 Å². The monoisotopic (exact) mass is 426 g/mol. The fourth-order valence-corrected chi connectivity index (χ4v) is 6.60. The Hall–Kier alpha value is -1.98. The summed E-state index contributed by atoms with van der Waals surface area (Å²) in [6.07, 6.45) is 0. The third kappa shape index (κ3) is 4.47. The second kappa shape index (κ2) is 7.21. The molecule has 144 valence electrons. The lowest BCUT2D eigenvalue weighted by Gasteiger charge is -2.14. The number of ether oxygens (including phenoxy) is 1. The summed E-state index contributed by atoms with van der Waals surface area (Å²) < 4.78 is 32.3. The average Bonchev–Trinajstić information content (AvgIpc) is 2.86. The highest BCUT2D eigenvalue weighted by Gasteiger charge is 2.35. The first-order valence-electron chi connectivity index (χ1n) is 7.84. The van der Waals surface area contributed by atoms with E-state index in [0.717, 1.165) is 4.90 Å². The molecule has 0 fully saturated rings. The summed E-state index contributed by atoms with van der Waals surface area (Å²) in [5.41, 5.74) is 0.566. The van der Waals surface area contributed by atoms with Gasteiger partial charge in [-0.3, -0.25) is 5.32 Å². The van der Waals surface area contributed by atoms with Gasteiger partial charge in [0.1, 0.15) is 4.90 Å². The molecule has 0 unspecified atom stereocenters. The molecule has 2 N–H and O–H groups in total. The lowest BCUT2D eigenvalue weighted by molar-refractivity contribution is 0.256. The first-order valence-corrected chi connectivity index (χ1v) is 11.0. The number of methoxy groups -OCH3 is 1. The van der Waals surface area contributed by atoms with Crippen LogP contribution in [0.1, 0.15) is 19.5 Å². The van der Waals surface area contributed by atoms with E-state index in [-0.39, 0.29) is 20.8 Å². The van der Waals surface area contributed by atoms with Crippen molar-refractivity contribution < 1.29 is 17.9 Å². The summed E-state index contributed by atoms with van der Waals surface area (Å²) in [7, 11) is -2.63. The first kappa shape index (κ1) is 19.8. The molecule has 0 radical (unpaired) electrons. The van der Waals surface area contributed by atoms with Crippen LogP contribution in [-0.4, -0.2) is 35.6 Å². The fraction of sp³-hybridized carbons (Fsp3) is 0.312. The van der Waals surface area contributed by atoms with Crippen molar-refractivity contribution >= 4 is 45.5 Å². The lowest BCUT2D eigenvalue weighted by Crippen LogP contribution is -2.35. The number of thioether (sulfide) groups is 2. The molecular weight excluding hydrogens is 408 g/mol. The number of nitrogens with zero attached hydrogens (tertiary/aromatic N) is 2. The number of aromatic nitrogens is 2. The van der Waals surface area contributed by atoms with Crippen LogP contribution < -0.4 is 14.8 Å². The molecule has 0 spiro atoms. The second-order valence-electron chi connectivity index (χ2n) is 6.12. The van der Waals surface area contributed by atoms with Gasteiger partial charge in [-0.25, -0.2) is 22.9 Å². The molecule has 3 rings (SSSR count). The van der Waals surface area contributed by atoms with Gasteiger partial charge in [-0.15, -0.1) is 23.5 Å². The minimum absolute atomic E-state index is 0.0519. The largest absolute Gasteiger partial charge is 0.481 e. The van der Waals surface area contributed by atoms with Crippen molar-refractivity contribution in [2.24, 2.45) is 0 Å². The first-order chi connectivity index (χ1) is 12.6. The van der Waals surface area contributed by atoms with Gasteiger partial charge in [0.05, 0.1) is 11.2 Å². The Kier molecular flexibility index (Phi) is 5.28. The number of nitrogens with one attached hydrogen (secondary N) is 2. The van der Waals surface area contributed by atoms with Crippen LogP contribution >= 0.6 is 23.5 Å². The van der Waals surface area contributed by atoms with E-state index >= 15 is 0 Å². The molecule has 1 aliphatic rings. The normalized spacial score (nSPS) is 15.1. The Labute approximate surface area is 165 Å². The van der Waals surface area contributed by atoms with Crippen LogP contribution in [0.15, 0.2) is 39.0 Å². The van der Waals surface area contributed by atoms with Crippen molar-refractivity contribution in [2.45, 2.75) is 39.5 Å². The summed E-state index contributed by atoms with van der Waals surface area (Å²) in [5.74, 6) is 0.209. The maximum atomic E-state index is 12.7. The average molecular weight is 427 g/mol.